The van der Waals surface area contributed by atoms with Crippen LogP contribution in [0.2, 0.25) is 0 Å². The van der Waals surface area contributed by atoms with Crippen LogP contribution in [-0.4, -0.2) is 23.7 Å². The molecule has 0 aliphatic rings. The molecule has 0 aromatic heterocycles. The first-order chi connectivity index (χ1) is 9.72. The van der Waals surface area contributed by atoms with Gasteiger partial charge in [-0.2, -0.15) is 0 Å². The number of carbonyl (C=O) groups excluding carboxylic acids is 1. The number of hydrogen-bond donors (Lipinski definition) is 2. The van der Waals surface area contributed by atoms with Crippen molar-refractivity contribution >= 4 is 5.91 Å². The molecule has 1 amide bonds. The molecule has 2 N–H and O–H groups in total. The first-order valence-electron chi connectivity index (χ1n) is 7.69. The molecule has 3 heteroatoms. The van der Waals surface area contributed by atoms with E-state index in [0.717, 1.165) is 24.8 Å². The highest BCUT2D eigenvalue weighted by molar-refractivity contribution is 5.84. The van der Waals surface area contributed by atoms with Crippen LogP contribution in [0.4, 0.5) is 0 Å². The first-order valence-corrected chi connectivity index (χ1v) is 7.69. The maximum atomic E-state index is 12.3. The standard InChI is InChI=1S/C17H27NO2/c1-3-5-7-12-15(4-2)18-17(20)16(13-19)14-10-8-6-9-11-14/h6,8-11,15-16,19H,3-5,7,12-13H2,1-2H3,(H,18,20). The van der Waals surface area contributed by atoms with Gasteiger partial charge in [-0.15, -0.1) is 0 Å². The maximum absolute atomic E-state index is 12.3. The van der Waals surface area contributed by atoms with E-state index in [4.69, 9.17) is 0 Å². The van der Waals surface area contributed by atoms with Crippen LogP contribution in [0, 0.1) is 0 Å². The van der Waals surface area contributed by atoms with Gasteiger partial charge in [-0.1, -0.05) is 63.4 Å². The van der Waals surface area contributed by atoms with Gasteiger partial charge in [0, 0.05) is 6.04 Å². The molecule has 0 bridgehead atoms. The second-order valence-corrected chi connectivity index (χ2v) is 5.26. The molecule has 1 rings (SSSR count). The van der Waals surface area contributed by atoms with Crippen molar-refractivity contribution in [2.75, 3.05) is 6.61 Å². The van der Waals surface area contributed by atoms with E-state index < -0.39 is 5.92 Å². The Bertz CT molecular complexity index is 378. The SMILES string of the molecule is CCCCCC(CC)NC(=O)C(CO)c1ccccc1. The number of aliphatic hydroxyl groups is 1. The number of aliphatic hydroxyl groups excluding tert-OH is 1. The Hall–Kier alpha value is -1.35. The summed E-state index contributed by atoms with van der Waals surface area (Å²) in [5.74, 6) is -0.529. The second kappa shape index (κ2) is 9.54. The Morgan fingerprint density at radius 2 is 1.90 bits per heavy atom. The highest BCUT2D eigenvalue weighted by Crippen LogP contribution is 2.16. The molecule has 2 unspecified atom stereocenters. The average Bonchev–Trinajstić information content (AvgIpc) is 2.48. The second-order valence-electron chi connectivity index (χ2n) is 5.26. The van der Waals surface area contributed by atoms with Crippen molar-refractivity contribution < 1.29 is 9.90 Å². The number of benzene rings is 1. The van der Waals surface area contributed by atoms with Crippen LogP contribution in [0.25, 0.3) is 0 Å². The Kier molecular flexibility index (Phi) is 7.97. The summed E-state index contributed by atoms with van der Waals surface area (Å²) in [6.45, 7) is 4.12. The minimum atomic E-state index is -0.462. The topological polar surface area (TPSA) is 49.3 Å². The van der Waals surface area contributed by atoms with Crippen molar-refractivity contribution in [1.82, 2.24) is 5.32 Å². The summed E-state index contributed by atoms with van der Waals surface area (Å²) in [7, 11) is 0. The lowest BCUT2D eigenvalue weighted by atomic mass is 9.98. The lowest BCUT2D eigenvalue weighted by Crippen LogP contribution is -2.38. The van der Waals surface area contributed by atoms with Gasteiger partial charge < -0.3 is 10.4 Å². The van der Waals surface area contributed by atoms with E-state index >= 15 is 0 Å². The third-order valence-electron chi connectivity index (χ3n) is 3.70. The van der Waals surface area contributed by atoms with Gasteiger partial charge >= 0.3 is 0 Å². The van der Waals surface area contributed by atoms with Crippen molar-refractivity contribution in [2.24, 2.45) is 0 Å². The van der Waals surface area contributed by atoms with E-state index in [2.05, 4.69) is 19.2 Å². The number of amides is 1. The minimum absolute atomic E-state index is 0.0675. The van der Waals surface area contributed by atoms with Gasteiger partial charge in [0.05, 0.1) is 12.5 Å². The summed E-state index contributed by atoms with van der Waals surface area (Å²) >= 11 is 0. The van der Waals surface area contributed by atoms with E-state index in [1.54, 1.807) is 0 Å². The Balaban J connectivity index is 2.57. The Morgan fingerprint density at radius 3 is 2.45 bits per heavy atom. The van der Waals surface area contributed by atoms with E-state index in [1.807, 2.05) is 30.3 Å². The zero-order chi connectivity index (χ0) is 14.8. The smallest absolute Gasteiger partial charge is 0.230 e. The molecule has 0 radical (unpaired) electrons. The van der Waals surface area contributed by atoms with Gasteiger partial charge in [-0.25, -0.2) is 0 Å². The van der Waals surface area contributed by atoms with Gasteiger partial charge in [-0.3, -0.25) is 4.79 Å². The van der Waals surface area contributed by atoms with Gasteiger partial charge in [0.1, 0.15) is 0 Å². The quantitative estimate of drug-likeness (QED) is 0.681. The highest BCUT2D eigenvalue weighted by Gasteiger charge is 2.21. The fourth-order valence-electron chi connectivity index (χ4n) is 2.35. The molecular formula is C17H27NO2. The van der Waals surface area contributed by atoms with Crippen molar-refractivity contribution in [3.8, 4) is 0 Å². The summed E-state index contributed by atoms with van der Waals surface area (Å²) in [4.78, 5) is 12.3. The van der Waals surface area contributed by atoms with Crippen LogP contribution < -0.4 is 5.32 Å². The van der Waals surface area contributed by atoms with Crippen molar-refractivity contribution in [3.05, 3.63) is 35.9 Å². The molecule has 0 spiro atoms. The lowest BCUT2D eigenvalue weighted by molar-refractivity contribution is -0.124. The average molecular weight is 277 g/mol. The van der Waals surface area contributed by atoms with E-state index in [0.29, 0.717) is 0 Å². The molecular weight excluding hydrogens is 250 g/mol. The molecule has 2 atom stereocenters. The van der Waals surface area contributed by atoms with Gasteiger partial charge in [0.25, 0.3) is 0 Å². The predicted molar refractivity (Wildman–Crippen MR) is 82.6 cm³/mol. The summed E-state index contributed by atoms with van der Waals surface area (Å²) in [6.07, 6.45) is 5.48. The molecule has 1 aromatic carbocycles. The molecule has 0 saturated heterocycles. The zero-order valence-corrected chi connectivity index (χ0v) is 12.6. The van der Waals surface area contributed by atoms with Gasteiger partial charge in [-0.05, 0) is 18.4 Å². The molecule has 1 aromatic rings. The number of hydrogen-bond acceptors (Lipinski definition) is 2. The van der Waals surface area contributed by atoms with Crippen molar-refractivity contribution in [2.45, 2.75) is 57.9 Å². The van der Waals surface area contributed by atoms with E-state index in [9.17, 15) is 9.90 Å². The number of nitrogens with one attached hydrogen (secondary N) is 1. The zero-order valence-electron chi connectivity index (χ0n) is 12.6. The van der Waals surface area contributed by atoms with Crippen LogP contribution in [0.5, 0.6) is 0 Å². The summed E-state index contributed by atoms with van der Waals surface area (Å²) < 4.78 is 0. The third-order valence-corrected chi connectivity index (χ3v) is 3.70. The van der Waals surface area contributed by atoms with Gasteiger partial charge in [0.2, 0.25) is 5.91 Å². The Labute approximate surface area is 122 Å². The number of carbonyl (C=O) groups is 1. The first kappa shape index (κ1) is 16.7. The summed E-state index contributed by atoms with van der Waals surface area (Å²) in [5.41, 5.74) is 0.871. The van der Waals surface area contributed by atoms with E-state index in [1.165, 1.54) is 12.8 Å². The van der Waals surface area contributed by atoms with Gasteiger partial charge in [0.15, 0.2) is 0 Å². The van der Waals surface area contributed by atoms with Crippen molar-refractivity contribution in [1.29, 1.82) is 0 Å². The molecule has 0 saturated carbocycles. The number of rotatable bonds is 9. The summed E-state index contributed by atoms with van der Waals surface area (Å²) in [6, 6.07) is 9.69. The minimum Gasteiger partial charge on any atom is -0.395 e. The third kappa shape index (κ3) is 5.33. The normalized spacial score (nSPS) is 13.8. The molecule has 0 aliphatic carbocycles. The molecule has 20 heavy (non-hydrogen) atoms. The molecule has 3 nitrogen and oxygen atoms in total. The molecule has 0 heterocycles. The monoisotopic (exact) mass is 277 g/mol. The fraction of sp³-hybridized carbons (Fsp3) is 0.588. The van der Waals surface area contributed by atoms with Crippen LogP contribution in [0.15, 0.2) is 30.3 Å². The maximum Gasteiger partial charge on any atom is 0.230 e. The van der Waals surface area contributed by atoms with E-state index in [-0.39, 0.29) is 18.6 Å². The fourth-order valence-corrected chi connectivity index (χ4v) is 2.35. The largest absolute Gasteiger partial charge is 0.395 e. The van der Waals surface area contributed by atoms with Crippen LogP contribution >= 0.6 is 0 Å². The number of unbranched alkanes of at least 4 members (excludes halogenated alkanes) is 2. The highest BCUT2D eigenvalue weighted by atomic mass is 16.3. The molecule has 0 fully saturated rings. The molecule has 112 valence electrons. The molecule has 0 aliphatic heterocycles. The lowest BCUT2D eigenvalue weighted by Gasteiger charge is -2.21. The van der Waals surface area contributed by atoms with Crippen molar-refractivity contribution in [3.63, 3.8) is 0 Å². The van der Waals surface area contributed by atoms with Crippen LogP contribution in [0.3, 0.4) is 0 Å². The van der Waals surface area contributed by atoms with Crippen LogP contribution in [0.1, 0.15) is 57.4 Å². The predicted octanol–water partition coefficient (Wildman–Crippen LogP) is 3.24. The van der Waals surface area contributed by atoms with Crippen LogP contribution in [-0.2, 0) is 4.79 Å². The summed E-state index contributed by atoms with van der Waals surface area (Å²) in [5, 5.41) is 12.6. The Morgan fingerprint density at radius 1 is 1.20 bits per heavy atom.